The van der Waals surface area contributed by atoms with Gasteiger partial charge in [0.05, 0.1) is 8.66 Å². The lowest BCUT2D eigenvalue weighted by molar-refractivity contribution is 0.0162. The normalized spacial score (nSPS) is 19.3. The van der Waals surface area contributed by atoms with Gasteiger partial charge >= 0.3 is 6.09 Å². The summed E-state index contributed by atoms with van der Waals surface area (Å²) in [6, 6.07) is 3.66. The van der Waals surface area contributed by atoms with Gasteiger partial charge in [-0.15, -0.1) is 11.3 Å². The van der Waals surface area contributed by atoms with Crippen molar-refractivity contribution in [2.24, 2.45) is 0 Å². The number of nitrogens with zero attached hydrogens (tertiary/aromatic N) is 1. The van der Waals surface area contributed by atoms with Gasteiger partial charge < -0.3 is 9.64 Å². The van der Waals surface area contributed by atoms with Crippen molar-refractivity contribution in [1.29, 1.82) is 0 Å². The molecule has 4 nitrogen and oxygen atoms in total. The van der Waals surface area contributed by atoms with E-state index in [0.29, 0.717) is 13.0 Å². The van der Waals surface area contributed by atoms with Crippen LogP contribution in [0.15, 0.2) is 15.9 Å². The van der Waals surface area contributed by atoms with E-state index in [2.05, 4.69) is 15.9 Å². The zero-order valence-corrected chi connectivity index (χ0v) is 16.3. The molecule has 0 radical (unpaired) electrons. The molecule has 2 heterocycles. The number of amides is 1. The molecule has 1 amide bonds. The average molecular weight is 402 g/mol. The lowest BCUT2D eigenvalue weighted by atomic mass is 10.0. The van der Waals surface area contributed by atoms with Crippen molar-refractivity contribution in [2.45, 2.75) is 64.5 Å². The Kier molecular flexibility index (Phi) is 6.26. The number of carbonyl (C=O) groups excluding carboxylic acids is 2. The van der Waals surface area contributed by atoms with Crippen LogP contribution in [-0.2, 0) is 4.74 Å². The summed E-state index contributed by atoms with van der Waals surface area (Å²) < 4.78 is 6.47. The molecule has 1 fully saturated rings. The summed E-state index contributed by atoms with van der Waals surface area (Å²) in [5, 5.41) is 0. The van der Waals surface area contributed by atoms with Gasteiger partial charge in [0, 0.05) is 19.0 Å². The summed E-state index contributed by atoms with van der Waals surface area (Å²) in [5.74, 6) is 0.0983. The van der Waals surface area contributed by atoms with Gasteiger partial charge in [0.2, 0.25) is 0 Å². The third-order valence-corrected chi connectivity index (χ3v) is 5.44. The van der Waals surface area contributed by atoms with E-state index in [9.17, 15) is 9.59 Å². The lowest BCUT2D eigenvalue weighted by Crippen LogP contribution is -2.44. The summed E-state index contributed by atoms with van der Waals surface area (Å²) in [7, 11) is 0. The molecule has 0 aliphatic carbocycles. The van der Waals surface area contributed by atoms with Crippen molar-refractivity contribution in [3.8, 4) is 0 Å². The minimum atomic E-state index is -0.517. The zero-order chi connectivity index (χ0) is 17.0. The van der Waals surface area contributed by atoms with Gasteiger partial charge in [0.1, 0.15) is 5.60 Å². The number of rotatable bonds is 3. The van der Waals surface area contributed by atoms with E-state index >= 15 is 0 Å². The van der Waals surface area contributed by atoms with Gasteiger partial charge in [-0.05, 0) is 61.7 Å². The Morgan fingerprint density at radius 1 is 1.30 bits per heavy atom. The number of carbonyl (C=O) groups is 2. The van der Waals surface area contributed by atoms with Crippen LogP contribution in [0.4, 0.5) is 4.79 Å². The van der Waals surface area contributed by atoms with Crippen molar-refractivity contribution in [3.63, 3.8) is 0 Å². The predicted molar refractivity (Wildman–Crippen MR) is 96.2 cm³/mol. The third kappa shape index (κ3) is 5.60. The molecule has 1 aromatic rings. The smallest absolute Gasteiger partial charge is 0.410 e. The topological polar surface area (TPSA) is 46.6 Å². The largest absolute Gasteiger partial charge is 0.444 e. The molecule has 0 N–H and O–H groups in total. The van der Waals surface area contributed by atoms with E-state index in [1.54, 1.807) is 4.90 Å². The number of halogens is 1. The van der Waals surface area contributed by atoms with Gasteiger partial charge in [-0.2, -0.15) is 0 Å². The second-order valence-electron chi connectivity index (χ2n) is 6.91. The fraction of sp³-hybridized carbons (Fsp3) is 0.647. The number of Topliss-reactive ketones (excluding diaryl/α,β-unsaturated/α-hetero) is 1. The highest BCUT2D eigenvalue weighted by molar-refractivity contribution is 9.11. The van der Waals surface area contributed by atoms with E-state index in [1.165, 1.54) is 11.3 Å². The minimum absolute atomic E-state index is 0.0688. The maximum atomic E-state index is 12.5. The molecule has 23 heavy (non-hydrogen) atoms. The molecule has 1 saturated heterocycles. The van der Waals surface area contributed by atoms with Gasteiger partial charge in [-0.1, -0.05) is 12.8 Å². The van der Waals surface area contributed by atoms with Crippen molar-refractivity contribution in [1.82, 2.24) is 4.90 Å². The van der Waals surface area contributed by atoms with Crippen LogP contribution < -0.4 is 0 Å². The van der Waals surface area contributed by atoms with Gasteiger partial charge in [-0.25, -0.2) is 4.79 Å². The Morgan fingerprint density at radius 3 is 2.65 bits per heavy atom. The van der Waals surface area contributed by atoms with Crippen LogP contribution in [0.5, 0.6) is 0 Å². The van der Waals surface area contributed by atoms with Gasteiger partial charge in [0.15, 0.2) is 5.78 Å². The molecule has 1 unspecified atom stereocenters. The Balaban J connectivity index is 2.08. The number of thiophene rings is 1. The Morgan fingerprint density at radius 2 is 2.04 bits per heavy atom. The second-order valence-corrected chi connectivity index (χ2v) is 9.37. The molecule has 1 atom stereocenters. The first-order chi connectivity index (χ1) is 10.8. The highest BCUT2D eigenvalue weighted by atomic mass is 79.9. The molecule has 2 rings (SSSR count). The highest BCUT2D eigenvalue weighted by Crippen LogP contribution is 2.27. The van der Waals surface area contributed by atoms with Crippen LogP contribution in [0, 0.1) is 0 Å². The first-order valence-corrected chi connectivity index (χ1v) is 9.65. The first-order valence-electron chi connectivity index (χ1n) is 8.04. The zero-order valence-electron chi connectivity index (χ0n) is 13.9. The van der Waals surface area contributed by atoms with E-state index < -0.39 is 5.60 Å². The maximum absolute atomic E-state index is 12.5. The van der Waals surface area contributed by atoms with Crippen LogP contribution in [0.1, 0.15) is 62.5 Å². The third-order valence-electron chi connectivity index (χ3n) is 3.77. The SMILES string of the molecule is CC(C)(C)OC(=O)N1CCCCCC1CC(=O)c1ccc(Br)s1. The maximum Gasteiger partial charge on any atom is 0.410 e. The standard InChI is InChI=1S/C17H24BrNO3S/c1-17(2,3)22-16(21)19-10-6-4-5-7-12(19)11-13(20)14-8-9-15(18)23-14/h8-9,12H,4-7,10-11H2,1-3H3. The Labute approximate surface area is 150 Å². The van der Waals surface area contributed by atoms with E-state index in [0.717, 1.165) is 34.3 Å². The second kappa shape index (κ2) is 7.79. The monoisotopic (exact) mass is 401 g/mol. The predicted octanol–water partition coefficient (Wildman–Crippen LogP) is 5.26. The molecule has 6 heteroatoms. The van der Waals surface area contributed by atoms with Crippen molar-refractivity contribution in [2.75, 3.05) is 6.54 Å². The van der Waals surface area contributed by atoms with Crippen LogP contribution >= 0.6 is 27.3 Å². The van der Waals surface area contributed by atoms with Crippen LogP contribution in [0.2, 0.25) is 0 Å². The molecule has 0 spiro atoms. The summed E-state index contributed by atoms with van der Waals surface area (Å²) in [4.78, 5) is 27.5. The van der Waals surface area contributed by atoms with Gasteiger partial charge in [-0.3, -0.25) is 4.79 Å². The quantitative estimate of drug-likeness (QED) is 0.648. The summed E-state index contributed by atoms with van der Waals surface area (Å²) >= 11 is 4.83. The van der Waals surface area contributed by atoms with Crippen molar-refractivity contribution in [3.05, 3.63) is 20.8 Å². The molecular weight excluding hydrogens is 378 g/mol. The fourth-order valence-electron chi connectivity index (χ4n) is 2.73. The lowest BCUT2D eigenvalue weighted by Gasteiger charge is -2.32. The molecule has 1 aliphatic rings. The number of hydrogen-bond donors (Lipinski definition) is 0. The fourth-order valence-corrected chi connectivity index (χ4v) is 4.06. The molecule has 1 aliphatic heterocycles. The Hall–Kier alpha value is -0.880. The van der Waals surface area contributed by atoms with E-state index in [4.69, 9.17) is 4.74 Å². The van der Waals surface area contributed by atoms with Gasteiger partial charge in [0.25, 0.3) is 0 Å². The first kappa shape index (κ1) is 18.5. The molecule has 0 bridgehead atoms. The number of hydrogen-bond acceptors (Lipinski definition) is 4. The van der Waals surface area contributed by atoms with E-state index in [1.807, 2.05) is 32.9 Å². The van der Waals surface area contributed by atoms with Crippen LogP contribution in [0.25, 0.3) is 0 Å². The minimum Gasteiger partial charge on any atom is -0.444 e. The average Bonchev–Trinajstić information content (AvgIpc) is 2.73. The molecule has 0 saturated carbocycles. The number of ketones is 1. The van der Waals surface area contributed by atoms with Crippen molar-refractivity contribution < 1.29 is 14.3 Å². The molecular formula is C17H24BrNO3S. The molecule has 1 aromatic heterocycles. The molecule has 128 valence electrons. The Bertz CT molecular complexity index is 564. The number of likely N-dealkylation sites (tertiary alicyclic amines) is 1. The summed E-state index contributed by atoms with van der Waals surface area (Å²) in [5.41, 5.74) is -0.517. The highest BCUT2D eigenvalue weighted by Gasteiger charge is 2.31. The van der Waals surface area contributed by atoms with E-state index in [-0.39, 0.29) is 17.9 Å². The summed E-state index contributed by atoms with van der Waals surface area (Å²) in [6.45, 7) is 6.27. The number of ether oxygens (including phenoxy) is 1. The van der Waals surface area contributed by atoms with Crippen LogP contribution in [0.3, 0.4) is 0 Å². The van der Waals surface area contributed by atoms with Crippen LogP contribution in [-0.4, -0.2) is 35.0 Å². The molecule has 0 aromatic carbocycles. The summed E-state index contributed by atoms with van der Waals surface area (Å²) in [6.07, 6.45) is 4.03. The van der Waals surface area contributed by atoms with Crippen molar-refractivity contribution >= 4 is 39.1 Å².